The van der Waals surface area contributed by atoms with E-state index in [9.17, 15) is 9.81 Å². The Kier molecular flexibility index (Phi) is 7.55. The molecule has 2 atom stereocenters. The predicted molar refractivity (Wildman–Crippen MR) is 108 cm³/mol. The van der Waals surface area contributed by atoms with Crippen LogP contribution in [0.3, 0.4) is 0 Å². The Hall–Kier alpha value is -2.20. The molecule has 1 N–H and O–H groups in total. The number of hydrogen-bond acceptors (Lipinski definition) is 5. The molecule has 0 bridgehead atoms. The first-order chi connectivity index (χ1) is 12.8. The zero-order chi connectivity index (χ0) is 19.9. The minimum Gasteiger partial charge on any atom is -0.598 e. The molecular weight excluding hydrogens is 360 g/mol. The summed E-state index contributed by atoms with van der Waals surface area (Å²) in [5.74, 6) is 1.57. The first kappa shape index (κ1) is 21.1. The van der Waals surface area contributed by atoms with Crippen LogP contribution in [0.5, 0.6) is 11.5 Å². The van der Waals surface area contributed by atoms with Gasteiger partial charge in [-0.1, -0.05) is 24.3 Å². The van der Waals surface area contributed by atoms with Gasteiger partial charge in [-0.3, -0.25) is 0 Å². The van der Waals surface area contributed by atoms with Crippen LogP contribution in [0.25, 0.3) is 0 Å². The summed E-state index contributed by atoms with van der Waals surface area (Å²) >= 11 is -1.28. The molecule has 2 aromatic rings. The molecule has 5 nitrogen and oxygen atoms in total. The van der Waals surface area contributed by atoms with Gasteiger partial charge < -0.3 is 14.0 Å². The fourth-order valence-corrected chi connectivity index (χ4v) is 3.01. The first-order valence-corrected chi connectivity index (χ1v) is 9.89. The van der Waals surface area contributed by atoms with E-state index in [1.165, 1.54) is 0 Å². The van der Waals surface area contributed by atoms with E-state index in [2.05, 4.69) is 10.8 Å². The molecule has 2 rings (SSSR count). The average molecular weight is 387 g/mol. The minimum atomic E-state index is -1.28. The lowest BCUT2D eigenvalue weighted by Gasteiger charge is -2.25. The van der Waals surface area contributed by atoms with Gasteiger partial charge >= 0.3 is 0 Å². The van der Waals surface area contributed by atoms with Crippen molar-refractivity contribution in [3.63, 3.8) is 0 Å². The number of hydrogen-bond donors (Lipinski definition) is 1. The van der Waals surface area contributed by atoms with E-state index in [0.29, 0.717) is 13.0 Å². The van der Waals surface area contributed by atoms with Gasteiger partial charge in [-0.15, -0.1) is 4.72 Å². The summed E-state index contributed by atoms with van der Waals surface area (Å²) in [6.07, 6.45) is 0.483. The number of methoxy groups -OCH3 is 1. The van der Waals surface area contributed by atoms with Crippen molar-refractivity contribution < 1.29 is 14.0 Å². The van der Waals surface area contributed by atoms with Crippen LogP contribution in [0, 0.1) is 11.3 Å². The fraction of sp³-hybridized carbons (Fsp3) is 0.381. The number of nitriles is 1. The molecule has 144 valence electrons. The van der Waals surface area contributed by atoms with Crippen molar-refractivity contribution in [2.75, 3.05) is 7.11 Å². The Morgan fingerprint density at radius 2 is 1.59 bits per heavy atom. The van der Waals surface area contributed by atoms with E-state index < -0.39 is 22.2 Å². The number of nitrogens with zero attached hydrogens (tertiary/aromatic N) is 1. The van der Waals surface area contributed by atoms with Crippen molar-refractivity contribution in [1.82, 2.24) is 4.72 Å². The van der Waals surface area contributed by atoms with Crippen LogP contribution in [-0.2, 0) is 24.4 Å². The van der Waals surface area contributed by atoms with Crippen LogP contribution in [0.4, 0.5) is 0 Å². The first-order valence-electron chi connectivity index (χ1n) is 8.74. The van der Waals surface area contributed by atoms with Crippen LogP contribution in [-0.4, -0.2) is 22.5 Å². The number of nitrogens with one attached hydrogen (secondary N) is 1. The molecule has 0 unspecified atom stereocenters. The Balaban J connectivity index is 1.89. The molecule has 0 aromatic heterocycles. The molecule has 0 aliphatic carbocycles. The van der Waals surface area contributed by atoms with Crippen molar-refractivity contribution in [3.8, 4) is 17.6 Å². The molecule has 0 spiro atoms. The van der Waals surface area contributed by atoms with Crippen LogP contribution in [0.1, 0.15) is 31.9 Å². The molecule has 0 saturated carbocycles. The van der Waals surface area contributed by atoms with Gasteiger partial charge in [-0.2, -0.15) is 5.26 Å². The predicted octanol–water partition coefficient (Wildman–Crippen LogP) is 3.76. The molecule has 0 fully saturated rings. The van der Waals surface area contributed by atoms with E-state index in [4.69, 9.17) is 9.47 Å². The van der Waals surface area contributed by atoms with E-state index in [1.807, 2.05) is 69.3 Å². The third-order valence-electron chi connectivity index (χ3n) is 3.89. The zero-order valence-electron chi connectivity index (χ0n) is 16.2. The second kappa shape index (κ2) is 9.65. The summed E-state index contributed by atoms with van der Waals surface area (Å²) in [7, 11) is 1.64. The number of benzene rings is 2. The smallest absolute Gasteiger partial charge is 0.143 e. The molecule has 0 radical (unpaired) electrons. The fourth-order valence-electron chi connectivity index (χ4n) is 2.27. The Bertz CT molecular complexity index is 749. The Labute approximate surface area is 164 Å². The largest absolute Gasteiger partial charge is 0.598 e. The normalized spacial score (nSPS) is 13.5. The number of ether oxygens (including phenoxy) is 2. The Morgan fingerprint density at radius 1 is 1.04 bits per heavy atom. The van der Waals surface area contributed by atoms with Gasteiger partial charge in [-0.25, -0.2) is 0 Å². The average Bonchev–Trinajstić information content (AvgIpc) is 2.66. The van der Waals surface area contributed by atoms with Gasteiger partial charge in [0.1, 0.15) is 28.9 Å². The van der Waals surface area contributed by atoms with Crippen molar-refractivity contribution in [3.05, 3.63) is 59.7 Å². The van der Waals surface area contributed by atoms with E-state index in [1.54, 1.807) is 7.11 Å². The summed E-state index contributed by atoms with van der Waals surface area (Å²) in [5, 5.41) is 9.32. The highest BCUT2D eigenvalue weighted by molar-refractivity contribution is 7.90. The van der Waals surface area contributed by atoms with Crippen LogP contribution >= 0.6 is 0 Å². The van der Waals surface area contributed by atoms with Crippen LogP contribution in [0.15, 0.2) is 48.5 Å². The summed E-state index contributed by atoms with van der Waals surface area (Å²) in [6.45, 7) is 6.09. The van der Waals surface area contributed by atoms with Gasteiger partial charge in [-0.05, 0) is 56.2 Å². The molecule has 2 aromatic carbocycles. The van der Waals surface area contributed by atoms with E-state index >= 15 is 0 Å². The highest BCUT2D eigenvalue weighted by atomic mass is 32.2. The zero-order valence-corrected chi connectivity index (χ0v) is 17.0. The van der Waals surface area contributed by atoms with E-state index in [0.717, 1.165) is 22.6 Å². The highest BCUT2D eigenvalue weighted by Gasteiger charge is 2.29. The quantitative estimate of drug-likeness (QED) is 0.699. The van der Waals surface area contributed by atoms with Crippen LogP contribution < -0.4 is 14.2 Å². The molecule has 0 aliphatic heterocycles. The maximum atomic E-state index is 12.2. The molecule has 27 heavy (non-hydrogen) atoms. The molecule has 6 heteroatoms. The highest BCUT2D eigenvalue weighted by Crippen LogP contribution is 2.18. The molecule has 0 amide bonds. The second-order valence-electron chi connectivity index (χ2n) is 7.17. The van der Waals surface area contributed by atoms with Crippen LogP contribution in [0.2, 0.25) is 0 Å². The standard InChI is InChI=1S/C21H26N2O3S/c1-21(2,3)27(24)23-18(14-22)13-16-5-11-20(12-6-16)26-15-17-7-9-19(25-4)10-8-17/h5-12,18,23H,13,15H2,1-4H3/t18-,27+/m1/s1. The monoisotopic (exact) mass is 386 g/mol. The van der Waals surface area contributed by atoms with Crippen molar-refractivity contribution in [1.29, 1.82) is 5.26 Å². The summed E-state index contributed by atoms with van der Waals surface area (Å²) in [5.41, 5.74) is 2.04. The van der Waals surface area contributed by atoms with E-state index in [-0.39, 0.29) is 0 Å². The minimum absolute atomic E-state index is 0.408. The summed E-state index contributed by atoms with van der Waals surface area (Å²) < 4.78 is 25.6. The molecule has 0 saturated heterocycles. The van der Waals surface area contributed by atoms with Gasteiger partial charge in [0.2, 0.25) is 0 Å². The summed E-state index contributed by atoms with van der Waals surface area (Å²) in [4.78, 5) is 0. The van der Waals surface area contributed by atoms with Gasteiger partial charge in [0, 0.05) is 17.8 Å². The maximum absolute atomic E-state index is 12.2. The van der Waals surface area contributed by atoms with Crippen molar-refractivity contribution in [2.45, 2.75) is 44.6 Å². The lowest BCUT2D eigenvalue weighted by molar-refractivity contribution is 0.306. The van der Waals surface area contributed by atoms with Crippen molar-refractivity contribution in [2.24, 2.45) is 0 Å². The maximum Gasteiger partial charge on any atom is 0.143 e. The summed E-state index contributed by atoms with van der Waals surface area (Å²) in [6, 6.07) is 17.0. The molecule has 0 heterocycles. The number of rotatable bonds is 8. The second-order valence-corrected chi connectivity index (χ2v) is 9.16. The third kappa shape index (κ3) is 6.79. The topological polar surface area (TPSA) is 77.3 Å². The van der Waals surface area contributed by atoms with Gasteiger partial charge in [0.25, 0.3) is 0 Å². The lowest BCUT2D eigenvalue weighted by atomic mass is 10.1. The van der Waals surface area contributed by atoms with Gasteiger partial charge in [0.15, 0.2) is 0 Å². The van der Waals surface area contributed by atoms with Crippen molar-refractivity contribution >= 4 is 11.4 Å². The Morgan fingerprint density at radius 3 is 2.11 bits per heavy atom. The molecule has 0 aliphatic rings. The molecular formula is C21H26N2O3S. The lowest BCUT2D eigenvalue weighted by Crippen LogP contribution is -2.44. The third-order valence-corrected chi connectivity index (χ3v) is 5.50. The van der Waals surface area contributed by atoms with Gasteiger partial charge in [0.05, 0.1) is 13.2 Å². The SMILES string of the molecule is COc1ccc(COc2ccc(C[C@H](C#N)N[S@@+]([O-])C(C)(C)C)cc2)cc1.